The molecule has 6 nitrogen and oxygen atoms in total. The molecule has 0 atom stereocenters. The Morgan fingerprint density at radius 2 is 1.89 bits per heavy atom. The number of benzene rings is 1. The lowest BCUT2D eigenvalue weighted by molar-refractivity contribution is 0.0982. The Hall–Kier alpha value is -3.15. The van der Waals surface area contributed by atoms with Gasteiger partial charge in [-0.3, -0.25) is 9.78 Å². The maximum Gasteiger partial charge on any atom is 0.163 e. The molecule has 0 aliphatic heterocycles. The Morgan fingerprint density at radius 3 is 2.57 bits per heavy atom. The molecule has 0 bridgehead atoms. The zero-order valence-corrected chi connectivity index (χ0v) is 16.7. The number of ether oxygens (including phenoxy) is 2. The van der Waals surface area contributed by atoms with Crippen LogP contribution >= 0.6 is 0 Å². The second-order valence-electron chi connectivity index (χ2n) is 6.70. The third kappa shape index (κ3) is 4.39. The number of pyridine rings is 1. The molecule has 0 radical (unpaired) electrons. The Bertz CT molecular complexity index is 979. The molecule has 3 aromatic rings. The number of rotatable bonds is 8. The molecule has 146 valence electrons. The summed E-state index contributed by atoms with van der Waals surface area (Å²) in [6.45, 7) is 4.52. The van der Waals surface area contributed by atoms with Crippen LogP contribution in [-0.2, 0) is 13.0 Å². The van der Waals surface area contributed by atoms with Crippen LogP contribution in [0.3, 0.4) is 0 Å². The molecule has 0 spiro atoms. The topological polar surface area (TPSA) is 66.2 Å². The first-order valence-electron chi connectivity index (χ1n) is 9.19. The van der Waals surface area contributed by atoms with Crippen molar-refractivity contribution in [3.8, 4) is 11.5 Å². The molecule has 2 aromatic heterocycles. The van der Waals surface area contributed by atoms with Gasteiger partial charge in [-0.05, 0) is 44.0 Å². The van der Waals surface area contributed by atoms with Gasteiger partial charge in [0.1, 0.15) is 17.3 Å². The van der Waals surface area contributed by atoms with Gasteiger partial charge < -0.3 is 14.0 Å². The van der Waals surface area contributed by atoms with Crippen LogP contribution in [0.4, 0.5) is 0 Å². The Morgan fingerprint density at radius 1 is 1.07 bits per heavy atom. The van der Waals surface area contributed by atoms with Crippen LogP contribution in [0.25, 0.3) is 0 Å². The van der Waals surface area contributed by atoms with Crippen molar-refractivity contribution in [1.82, 2.24) is 14.5 Å². The molecule has 1 aromatic carbocycles. The molecule has 0 amide bonds. The van der Waals surface area contributed by atoms with Gasteiger partial charge in [-0.1, -0.05) is 0 Å². The van der Waals surface area contributed by atoms with Crippen LogP contribution < -0.4 is 9.47 Å². The summed E-state index contributed by atoms with van der Waals surface area (Å²) in [6.07, 6.45) is 6.34. The number of hydrogen-bond donors (Lipinski definition) is 0. The standard InChI is InChI=1S/C22H25N3O3/c1-15-11-17(21(26)6-5-19-13-20(27-3)7-8-24-19)12-18(22(15)28-4)14-25-10-9-23-16(25)2/h7-13H,5-6,14H2,1-4H3. The van der Waals surface area contributed by atoms with Gasteiger partial charge in [0.05, 0.1) is 20.8 Å². The van der Waals surface area contributed by atoms with Crippen LogP contribution in [0.5, 0.6) is 11.5 Å². The van der Waals surface area contributed by atoms with E-state index in [9.17, 15) is 4.79 Å². The first kappa shape index (κ1) is 19.6. The third-order valence-electron chi connectivity index (χ3n) is 4.77. The summed E-state index contributed by atoms with van der Waals surface area (Å²) in [5.74, 6) is 2.55. The predicted octanol–water partition coefficient (Wildman–Crippen LogP) is 3.78. The third-order valence-corrected chi connectivity index (χ3v) is 4.77. The van der Waals surface area contributed by atoms with Crippen LogP contribution in [0, 0.1) is 13.8 Å². The van der Waals surface area contributed by atoms with Gasteiger partial charge in [0, 0.05) is 47.9 Å². The molecular weight excluding hydrogens is 354 g/mol. The average molecular weight is 379 g/mol. The Balaban J connectivity index is 1.80. The average Bonchev–Trinajstić information content (AvgIpc) is 3.10. The van der Waals surface area contributed by atoms with E-state index in [1.54, 1.807) is 32.7 Å². The molecule has 0 fully saturated rings. The van der Waals surface area contributed by atoms with Gasteiger partial charge in [-0.15, -0.1) is 0 Å². The smallest absolute Gasteiger partial charge is 0.163 e. The van der Waals surface area contributed by atoms with E-state index in [0.717, 1.165) is 34.1 Å². The summed E-state index contributed by atoms with van der Waals surface area (Å²) >= 11 is 0. The highest BCUT2D eigenvalue weighted by molar-refractivity contribution is 5.96. The number of aromatic nitrogens is 3. The molecule has 2 heterocycles. The monoisotopic (exact) mass is 379 g/mol. The van der Waals surface area contributed by atoms with E-state index in [0.29, 0.717) is 24.9 Å². The minimum atomic E-state index is 0.0824. The van der Waals surface area contributed by atoms with E-state index in [1.807, 2.05) is 42.8 Å². The molecule has 3 rings (SSSR count). The summed E-state index contributed by atoms with van der Waals surface area (Å²) in [5.41, 5.74) is 3.44. The van der Waals surface area contributed by atoms with E-state index in [4.69, 9.17) is 9.47 Å². The maximum absolute atomic E-state index is 12.8. The number of imidazole rings is 1. The second-order valence-corrected chi connectivity index (χ2v) is 6.70. The second kappa shape index (κ2) is 8.69. The number of ketones is 1. The van der Waals surface area contributed by atoms with Gasteiger partial charge in [0.15, 0.2) is 5.78 Å². The maximum atomic E-state index is 12.8. The quantitative estimate of drug-likeness (QED) is 0.557. The lowest BCUT2D eigenvalue weighted by Crippen LogP contribution is -2.08. The Labute approximate surface area is 165 Å². The van der Waals surface area contributed by atoms with Crippen molar-refractivity contribution in [2.24, 2.45) is 0 Å². The number of hydrogen-bond acceptors (Lipinski definition) is 5. The van der Waals surface area contributed by atoms with Crippen molar-refractivity contribution in [2.45, 2.75) is 33.2 Å². The van der Waals surface area contributed by atoms with Gasteiger partial charge >= 0.3 is 0 Å². The Kier molecular flexibility index (Phi) is 6.09. The molecule has 0 saturated heterocycles. The van der Waals surface area contributed by atoms with E-state index in [-0.39, 0.29) is 5.78 Å². The molecule has 0 N–H and O–H groups in total. The van der Waals surface area contributed by atoms with Crippen molar-refractivity contribution in [3.63, 3.8) is 0 Å². The van der Waals surface area contributed by atoms with Crippen molar-refractivity contribution < 1.29 is 14.3 Å². The van der Waals surface area contributed by atoms with Gasteiger partial charge in [-0.2, -0.15) is 0 Å². The van der Waals surface area contributed by atoms with Crippen molar-refractivity contribution in [3.05, 3.63) is 71.1 Å². The normalized spacial score (nSPS) is 10.7. The molecule has 0 aliphatic carbocycles. The molecule has 0 saturated carbocycles. The number of aryl methyl sites for hydroxylation is 3. The van der Waals surface area contributed by atoms with E-state index >= 15 is 0 Å². The lowest BCUT2D eigenvalue weighted by atomic mass is 9.99. The highest BCUT2D eigenvalue weighted by atomic mass is 16.5. The van der Waals surface area contributed by atoms with Crippen molar-refractivity contribution in [2.75, 3.05) is 14.2 Å². The number of carbonyl (C=O) groups is 1. The number of methoxy groups -OCH3 is 2. The van der Waals surface area contributed by atoms with Crippen LogP contribution in [-0.4, -0.2) is 34.5 Å². The van der Waals surface area contributed by atoms with Crippen molar-refractivity contribution >= 4 is 5.78 Å². The van der Waals surface area contributed by atoms with E-state index < -0.39 is 0 Å². The first-order chi connectivity index (χ1) is 13.5. The fourth-order valence-electron chi connectivity index (χ4n) is 3.28. The lowest BCUT2D eigenvalue weighted by Gasteiger charge is -2.15. The highest BCUT2D eigenvalue weighted by Crippen LogP contribution is 2.27. The zero-order valence-electron chi connectivity index (χ0n) is 16.7. The molecule has 6 heteroatoms. The van der Waals surface area contributed by atoms with Crippen LogP contribution in [0.15, 0.2) is 42.9 Å². The van der Waals surface area contributed by atoms with Gasteiger partial charge in [0.25, 0.3) is 0 Å². The molecule has 0 aliphatic rings. The van der Waals surface area contributed by atoms with Crippen molar-refractivity contribution in [1.29, 1.82) is 0 Å². The summed E-state index contributed by atoms with van der Waals surface area (Å²) in [6, 6.07) is 7.47. The molecular formula is C22H25N3O3. The fourth-order valence-corrected chi connectivity index (χ4v) is 3.28. The number of nitrogens with zero attached hydrogens (tertiary/aromatic N) is 3. The summed E-state index contributed by atoms with van der Waals surface area (Å²) in [4.78, 5) is 21.4. The van der Waals surface area contributed by atoms with Gasteiger partial charge in [0.2, 0.25) is 0 Å². The van der Waals surface area contributed by atoms with Gasteiger partial charge in [-0.25, -0.2) is 4.98 Å². The van der Waals surface area contributed by atoms with E-state index in [1.165, 1.54) is 0 Å². The minimum absolute atomic E-state index is 0.0824. The zero-order chi connectivity index (χ0) is 20.1. The summed E-state index contributed by atoms with van der Waals surface area (Å²) < 4.78 is 12.8. The summed E-state index contributed by atoms with van der Waals surface area (Å²) in [7, 11) is 3.27. The first-order valence-corrected chi connectivity index (χ1v) is 9.19. The summed E-state index contributed by atoms with van der Waals surface area (Å²) in [5, 5.41) is 0. The number of Topliss-reactive ketones (excluding diaryl/α,β-unsaturated/α-hetero) is 1. The van der Waals surface area contributed by atoms with Crippen LogP contribution in [0.1, 0.15) is 39.4 Å². The predicted molar refractivity (Wildman–Crippen MR) is 107 cm³/mol. The SMILES string of the molecule is COc1ccnc(CCC(=O)c2cc(C)c(OC)c(Cn3ccnc3C)c2)c1. The molecule has 0 unspecified atom stereocenters. The minimum Gasteiger partial charge on any atom is -0.497 e. The van der Waals surface area contributed by atoms with Crippen LogP contribution in [0.2, 0.25) is 0 Å². The largest absolute Gasteiger partial charge is 0.497 e. The fraction of sp³-hybridized carbons (Fsp3) is 0.318. The molecule has 28 heavy (non-hydrogen) atoms. The van der Waals surface area contributed by atoms with E-state index in [2.05, 4.69) is 9.97 Å². The highest BCUT2D eigenvalue weighted by Gasteiger charge is 2.15. The number of carbonyl (C=O) groups excluding carboxylic acids is 1.